The second-order valence-corrected chi connectivity index (χ2v) is 7.02. The Morgan fingerprint density at radius 3 is 2.07 bits per heavy atom. The summed E-state index contributed by atoms with van der Waals surface area (Å²) in [6, 6.07) is 6.23. The highest BCUT2D eigenvalue weighted by atomic mass is 19.2. The van der Waals surface area contributed by atoms with E-state index in [0.717, 1.165) is 12.1 Å². The summed E-state index contributed by atoms with van der Waals surface area (Å²) in [4.78, 5) is 24.0. The van der Waals surface area contributed by atoms with Crippen molar-refractivity contribution in [3.05, 3.63) is 59.4 Å². The van der Waals surface area contributed by atoms with Crippen molar-refractivity contribution in [2.75, 3.05) is 0 Å². The molecule has 0 spiro atoms. The number of benzene rings is 2. The van der Waals surface area contributed by atoms with Crippen LogP contribution in [0.1, 0.15) is 31.9 Å². The summed E-state index contributed by atoms with van der Waals surface area (Å²) in [5.41, 5.74) is 7.22. The molecule has 0 aromatic heterocycles. The normalized spacial score (nSPS) is 12.4. The summed E-state index contributed by atoms with van der Waals surface area (Å²) < 4.78 is 39.9. The molecule has 0 aliphatic carbocycles. The minimum Gasteiger partial charge on any atom is -0.340 e. The number of carbonyl (C=O) groups is 2. The zero-order chi connectivity index (χ0) is 21.1. The molecule has 5 N–H and O–H groups in total. The van der Waals surface area contributed by atoms with E-state index in [2.05, 4.69) is 5.32 Å². The van der Waals surface area contributed by atoms with Crippen molar-refractivity contribution < 1.29 is 28.0 Å². The van der Waals surface area contributed by atoms with Crippen LogP contribution in [0.3, 0.4) is 0 Å². The average molecular weight is 395 g/mol. The lowest BCUT2D eigenvalue weighted by Crippen LogP contribution is -2.44. The molecule has 0 fully saturated rings. The van der Waals surface area contributed by atoms with Gasteiger partial charge in [-0.2, -0.15) is 0 Å². The topological polar surface area (TPSA) is 104 Å². The molecule has 2 aromatic carbocycles. The van der Waals surface area contributed by atoms with E-state index in [1.54, 1.807) is 13.8 Å². The highest BCUT2D eigenvalue weighted by Crippen LogP contribution is 2.25. The van der Waals surface area contributed by atoms with E-state index in [1.165, 1.54) is 29.7 Å². The molecule has 0 aliphatic heterocycles. The van der Waals surface area contributed by atoms with E-state index in [9.17, 15) is 22.8 Å². The van der Waals surface area contributed by atoms with Gasteiger partial charge in [-0.1, -0.05) is 24.3 Å². The van der Waals surface area contributed by atoms with Crippen LogP contribution < -0.4 is 16.5 Å². The van der Waals surface area contributed by atoms with Gasteiger partial charge < -0.3 is 11.1 Å². The standard InChI is InChI=1S/C19H20F3N3O3/c1-19(2,23)9-15(26)24-17(18(27)25-28)11-5-3-10(4-6-11)12-7-13(20)16(22)14(21)8-12/h3-8,17,28H,9,23H2,1-2H3,(H,24,26)(H,25,27). The summed E-state index contributed by atoms with van der Waals surface area (Å²) >= 11 is 0. The predicted octanol–water partition coefficient (Wildman–Crippen LogP) is 2.56. The van der Waals surface area contributed by atoms with Crippen LogP contribution in [-0.2, 0) is 9.59 Å². The summed E-state index contributed by atoms with van der Waals surface area (Å²) in [6.07, 6.45) is -0.0611. The van der Waals surface area contributed by atoms with Crippen molar-refractivity contribution in [3.8, 4) is 11.1 Å². The van der Waals surface area contributed by atoms with Crippen LogP contribution in [0.25, 0.3) is 11.1 Å². The molecule has 2 aromatic rings. The lowest BCUT2D eigenvalue weighted by Gasteiger charge is -2.21. The predicted molar refractivity (Wildman–Crippen MR) is 95.4 cm³/mol. The number of nitrogens with one attached hydrogen (secondary N) is 2. The molecule has 0 bridgehead atoms. The first-order valence-electron chi connectivity index (χ1n) is 8.29. The monoisotopic (exact) mass is 395 g/mol. The molecule has 0 saturated carbocycles. The zero-order valence-corrected chi connectivity index (χ0v) is 15.2. The Morgan fingerprint density at radius 2 is 1.61 bits per heavy atom. The maximum atomic E-state index is 13.4. The van der Waals surface area contributed by atoms with Gasteiger partial charge in [-0.25, -0.2) is 18.7 Å². The molecular formula is C19H20F3N3O3. The smallest absolute Gasteiger partial charge is 0.270 e. The lowest BCUT2D eigenvalue weighted by molar-refractivity contribution is -0.135. The third-order valence-corrected chi connectivity index (χ3v) is 3.86. The Morgan fingerprint density at radius 1 is 1.07 bits per heavy atom. The Bertz CT molecular complexity index is 857. The zero-order valence-electron chi connectivity index (χ0n) is 15.2. The number of hydrogen-bond acceptors (Lipinski definition) is 4. The number of carbonyl (C=O) groups excluding carboxylic acids is 2. The number of amides is 2. The fourth-order valence-corrected chi connectivity index (χ4v) is 2.58. The minimum absolute atomic E-state index is 0.0611. The highest BCUT2D eigenvalue weighted by Gasteiger charge is 2.25. The van der Waals surface area contributed by atoms with Crippen LogP contribution in [0.4, 0.5) is 13.2 Å². The molecule has 0 saturated heterocycles. The van der Waals surface area contributed by atoms with Gasteiger partial charge in [0.05, 0.1) is 0 Å². The molecule has 28 heavy (non-hydrogen) atoms. The number of nitrogens with two attached hydrogens (primary N) is 1. The molecule has 1 atom stereocenters. The highest BCUT2D eigenvalue weighted by molar-refractivity contribution is 5.88. The summed E-state index contributed by atoms with van der Waals surface area (Å²) in [7, 11) is 0. The van der Waals surface area contributed by atoms with Crippen LogP contribution in [0.5, 0.6) is 0 Å². The van der Waals surface area contributed by atoms with Gasteiger partial charge in [-0.15, -0.1) is 0 Å². The Balaban J connectivity index is 2.29. The summed E-state index contributed by atoms with van der Waals surface area (Å²) in [5, 5.41) is 11.4. The van der Waals surface area contributed by atoms with E-state index in [-0.39, 0.29) is 12.0 Å². The van der Waals surface area contributed by atoms with Crippen LogP contribution in [0.2, 0.25) is 0 Å². The van der Waals surface area contributed by atoms with Gasteiger partial charge in [-0.3, -0.25) is 14.8 Å². The second kappa shape index (κ2) is 8.41. The Kier molecular flexibility index (Phi) is 6.42. The van der Waals surface area contributed by atoms with Crippen LogP contribution in [0, 0.1) is 17.5 Å². The number of halogens is 3. The van der Waals surface area contributed by atoms with E-state index in [1.807, 2.05) is 0 Å². The van der Waals surface area contributed by atoms with Gasteiger partial charge in [0.25, 0.3) is 5.91 Å². The van der Waals surface area contributed by atoms with Gasteiger partial charge in [0.15, 0.2) is 17.5 Å². The maximum Gasteiger partial charge on any atom is 0.270 e. The fraction of sp³-hybridized carbons (Fsp3) is 0.263. The first-order chi connectivity index (χ1) is 13.0. The van der Waals surface area contributed by atoms with Gasteiger partial charge >= 0.3 is 0 Å². The van der Waals surface area contributed by atoms with Crippen LogP contribution in [0.15, 0.2) is 36.4 Å². The third kappa shape index (κ3) is 5.30. The maximum absolute atomic E-state index is 13.4. The minimum atomic E-state index is -1.56. The van der Waals surface area contributed by atoms with Gasteiger partial charge in [-0.05, 0) is 42.7 Å². The first-order valence-corrected chi connectivity index (χ1v) is 8.29. The number of hydrogen-bond donors (Lipinski definition) is 4. The van der Waals surface area contributed by atoms with Crippen molar-refractivity contribution in [2.45, 2.75) is 31.8 Å². The van der Waals surface area contributed by atoms with Gasteiger partial charge in [0, 0.05) is 12.0 Å². The Labute approximate surface area is 159 Å². The number of rotatable bonds is 6. The van der Waals surface area contributed by atoms with Gasteiger partial charge in [0.2, 0.25) is 5.91 Å². The average Bonchev–Trinajstić information content (AvgIpc) is 2.62. The van der Waals surface area contributed by atoms with Crippen LogP contribution in [-0.4, -0.2) is 22.6 Å². The molecule has 0 aliphatic rings. The molecule has 6 nitrogen and oxygen atoms in total. The molecule has 1 unspecified atom stereocenters. The van der Waals surface area contributed by atoms with Crippen molar-refractivity contribution in [2.24, 2.45) is 5.73 Å². The molecule has 2 amide bonds. The Hall–Kier alpha value is -2.91. The second-order valence-electron chi connectivity index (χ2n) is 7.02. The fourth-order valence-electron chi connectivity index (χ4n) is 2.58. The SMILES string of the molecule is CC(C)(N)CC(=O)NC(C(=O)NO)c1ccc(-c2cc(F)c(F)c(F)c2)cc1. The van der Waals surface area contributed by atoms with E-state index >= 15 is 0 Å². The molecular weight excluding hydrogens is 375 g/mol. The largest absolute Gasteiger partial charge is 0.340 e. The van der Waals surface area contributed by atoms with Gasteiger partial charge in [0.1, 0.15) is 6.04 Å². The van der Waals surface area contributed by atoms with E-state index in [0.29, 0.717) is 11.1 Å². The first kappa shape index (κ1) is 21.4. The van der Waals surface area contributed by atoms with E-state index in [4.69, 9.17) is 10.9 Å². The van der Waals surface area contributed by atoms with E-state index < -0.39 is 40.8 Å². The lowest BCUT2D eigenvalue weighted by atomic mass is 9.98. The third-order valence-electron chi connectivity index (χ3n) is 3.86. The summed E-state index contributed by atoms with van der Waals surface area (Å²) in [6.45, 7) is 3.28. The molecule has 0 heterocycles. The molecule has 2 rings (SSSR count). The number of hydroxylamine groups is 1. The van der Waals surface area contributed by atoms with Crippen molar-refractivity contribution in [1.29, 1.82) is 0 Å². The van der Waals surface area contributed by atoms with Crippen LogP contribution >= 0.6 is 0 Å². The van der Waals surface area contributed by atoms with Crippen molar-refractivity contribution in [3.63, 3.8) is 0 Å². The quantitative estimate of drug-likeness (QED) is 0.343. The van der Waals surface area contributed by atoms with Crippen molar-refractivity contribution in [1.82, 2.24) is 10.8 Å². The molecule has 0 radical (unpaired) electrons. The van der Waals surface area contributed by atoms with Crippen molar-refractivity contribution >= 4 is 11.8 Å². The summed E-state index contributed by atoms with van der Waals surface area (Å²) in [5.74, 6) is -5.60. The molecule has 9 heteroatoms. The molecule has 150 valence electrons.